The molecule has 0 spiro atoms. The summed E-state index contributed by atoms with van der Waals surface area (Å²) in [6.45, 7) is 6.13. The number of halogens is 1. The molecule has 0 fully saturated rings. The molecular weight excluding hydrogens is 268 g/mol. The average Bonchev–Trinajstić information content (AvgIpc) is 2.30. The van der Waals surface area contributed by atoms with Crippen LogP contribution in [0.2, 0.25) is 0 Å². The summed E-state index contributed by atoms with van der Waals surface area (Å²) >= 11 is 5.45. The Balaban J connectivity index is 2.36. The van der Waals surface area contributed by atoms with E-state index in [2.05, 4.69) is 59.8 Å². The first-order valence-corrected chi connectivity index (χ1v) is 7.18. The highest BCUT2D eigenvalue weighted by Crippen LogP contribution is 2.29. The normalized spacial score (nSPS) is 14.5. The summed E-state index contributed by atoms with van der Waals surface area (Å²) < 4.78 is 0. The van der Waals surface area contributed by atoms with E-state index in [1.165, 1.54) is 4.90 Å². The first-order valence-electron chi connectivity index (χ1n) is 5.07. The summed E-state index contributed by atoms with van der Waals surface area (Å²) in [4.78, 5) is 1.35. The summed E-state index contributed by atoms with van der Waals surface area (Å²) in [7, 11) is 0. The Morgan fingerprint density at radius 3 is 2.60 bits per heavy atom. The topological polar surface area (TPSA) is 0 Å². The van der Waals surface area contributed by atoms with Crippen molar-refractivity contribution in [3.05, 3.63) is 43.0 Å². The maximum absolute atomic E-state index is 3.89. The van der Waals surface area contributed by atoms with Gasteiger partial charge in [-0.1, -0.05) is 47.1 Å². The van der Waals surface area contributed by atoms with Crippen LogP contribution in [0.3, 0.4) is 0 Å². The number of rotatable bonds is 6. The number of hydrogen-bond donors (Lipinski definition) is 0. The minimum Gasteiger partial charge on any atom is -0.126 e. The smallest absolute Gasteiger partial charge is 0.0120 e. The predicted molar refractivity (Wildman–Crippen MR) is 73.9 cm³/mol. The summed E-state index contributed by atoms with van der Waals surface area (Å²) in [6.07, 6.45) is 3.20. The fraction of sp³-hybridized carbons (Fsp3) is 0.385. The van der Waals surface area contributed by atoms with Crippen LogP contribution in [0.25, 0.3) is 0 Å². The van der Waals surface area contributed by atoms with Gasteiger partial charge in [-0.2, -0.15) is 0 Å². The Hall–Kier alpha value is -0.210. The van der Waals surface area contributed by atoms with Gasteiger partial charge < -0.3 is 0 Å². The third-order valence-corrected chi connectivity index (χ3v) is 4.78. The van der Waals surface area contributed by atoms with E-state index in [4.69, 9.17) is 0 Å². The first kappa shape index (κ1) is 12.9. The molecule has 1 aromatic rings. The van der Waals surface area contributed by atoms with Crippen molar-refractivity contribution in [2.75, 3.05) is 11.1 Å². The van der Waals surface area contributed by atoms with Crippen LogP contribution >= 0.6 is 27.7 Å². The van der Waals surface area contributed by atoms with Gasteiger partial charge in [-0.3, -0.25) is 0 Å². The van der Waals surface area contributed by atoms with Crippen LogP contribution in [0, 0.1) is 5.41 Å². The lowest BCUT2D eigenvalue weighted by Crippen LogP contribution is -2.15. The van der Waals surface area contributed by atoms with Gasteiger partial charge in [0.25, 0.3) is 0 Å². The molecule has 82 valence electrons. The second-order valence-electron chi connectivity index (χ2n) is 3.90. The van der Waals surface area contributed by atoms with E-state index in [9.17, 15) is 0 Å². The molecule has 0 amide bonds. The summed E-state index contributed by atoms with van der Waals surface area (Å²) in [5.41, 5.74) is 0.224. The van der Waals surface area contributed by atoms with Gasteiger partial charge in [0.15, 0.2) is 0 Å². The van der Waals surface area contributed by atoms with Gasteiger partial charge in [-0.05, 0) is 29.7 Å². The Morgan fingerprint density at radius 1 is 1.40 bits per heavy atom. The molecule has 1 atom stereocenters. The van der Waals surface area contributed by atoms with E-state index in [-0.39, 0.29) is 5.41 Å². The third kappa shape index (κ3) is 4.43. The van der Waals surface area contributed by atoms with Gasteiger partial charge >= 0.3 is 0 Å². The molecule has 0 nitrogen and oxygen atoms in total. The van der Waals surface area contributed by atoms with Gasteiger partial charge in [0.2, 0.25) is 0 Å². The van der Waals surface area contributed by atoms with Crippen molar-refractivity contribution >= 4 is 27.7 Å². The molecule has 0 aliphatic heterocycles. The van der Waals surface area contributed by atoms with E-state index in [0.717, 1.165) is 17.5 Å². The van der Waals surface area contributed by atoms with Gasteiger partial charge in [0.1, 0.15) is 0 Å². The molecule has 1 aromatic carbocycles. The van der Waals surface area contributed by atoms with Crippen molar-refractivity contribution in [1.82, 2.24) is 0 Å². The van der Waals surface area contributed by atoms with Crippen molar-refractivity contribution in [2.24, 2.45) is 5.41 Å². The Labute approximate surface area is 105 Å². The standard InChI is InChI=1S/C13H17BrS/c1-3-13(2,11-14)9-10-15-12-7-5-4-6-8-12/h3-8H,1,9-11H2,2H3. The van der Waals surface area contributed by atoms with Crippen LogP contribution in [0.15, 0.2) is 47.9 Å². The predicted octanol–water partition coefficient (Wildman–Crippen LogP) is 4.76. The fourth-order valence-electron chi connectivity index (χ4n) is 1.14. The van der Waals surface area contributed by atoms with Crippen LogP contribution < -0.4 is 0 Å². The van der Waals surface area contributed by atoms with Gasteiger partial charge in [-0.15, -0.1) is 18.3 Å². The highest BCUT2D eigenvalue weighted by Gasteiger charge is 2.17. The second kappa shape index (κ2) is 6.39. The molecule has 0 bridgehead atoms. The van der Waals surface area contributed by atoms with Crippen LogP contribution in [-0.4, -0.2) is 11.1 Å². The fourth-order valence-corrected chi connectivity index (χ4v) is 2.81. The molecule has 15 heavy (non-hydrogen) atoms. The monoisotopic (exact) mass is 284 g/mol. The molecule has 0 aliphatic rings. The highest BCUT2D eigenvalue weighted by atomic mass is 79.9. The van der Waals surface area contributed by atoms with Crippen molar-refractivity contribution < 1.29 is 0 Å². The summed E-state index contributed by atoms with van der Waals surface area (Å²) in [5.74, 6) is 1.14. The van der Waals surface area contributed by atoms with Crippen LogP contribution in [0.5, 0.6) is 0 Å². The third-order valence-electron chi connectivity index (χ3n) is 2.48. The van der Waals surface area contributed by atoms with Crippen molar-refractivity contribution in [1.29, 1.82) is 0 Å². The number of alkyl halides is 1. The largest absolute Gasteiger partial charge is 0.126 e. The van der Waals surface area contributed by atoms with Crippen molar-refractivity contribution in [3.8, 4) is 0 Å². The lowest BCUT2D eigenvalue weighted by Gasteiger charge is -2.22. The van der Waals surface area contributed by atoms with E-state index in [1.54, 1.807) is 0 Å². The van der Waals surface area contributed by atoms with Crippen LogP contribution in [-0.2, 0) is 0 Å². The summed E-state index contributed by atoms with van der Waals surface area (Å²) in [5, 5.41) is 0.985. The number of benzene rings is 1. The molecular formula is C13H17BrS. The maximum Gasteiger partial charge on any atom is 0.0120 e. The average molecular weight is 285 g/mol. The number of hydrogen-bond acceptors (Lipinski definition) is 1. The van der Waals surface area contributed by atoms with E-state index < -0.39 is 0 Å². The Kier molecular flexibility index (Phi) is 5.48. The second-order valence-corrected chi connectivity index (χ2v) is 5.63. The van der Waals surface area contributed by atoms with E-state index >= 15 is 0 Å². The Bertz CT molecular complexity index is 297. The minimum absolute atomic E-state index is 0.224. The lowest BCUT2D eigenvalue weighted by atomic mass is 9.91. The number of allylic oxidation sites excluding steroid dienone is 1. The molecule has 0 saturated heterocycles. The molecule has 0 N–H and O–H groups in total. The quantitative estimate of drug-likeness (QED) is 0.412. The molecule has 2 heteroatoms. The van der Waals surface area contributed by atoms with E-state index in [0.29, 0.717) is 0 Å². The highest BCUT2D eigenvalue weighted by molar-refractivity contribution is 9.09. The molecule has 0 heterocycles. The van der Waals surface area contributed by atoms with Gasteiger partial charge in [0.05, 0.1) is 0 Å². The van der Waals surface area contributed by atoms with Crippen LogP contribution in [0.4, 0.5) is 0 Å². The lowest BCUT2D eigenvalue weighted by molar-refractivity contribution is 0.482. The molecule has 0 saturated carbocycles. The van der Waals surface area contributed by atoms with Crippen LogP contribution in [0.1, 0.15) is 13.3 Å². The molecule has 0 aliphatic carbocycles. The maximum atomic E-state index is 3.89. The minimum atomic E-state index is 0.224. The van der Waals surface area contributed by atoms with Crippen molar-refractivity contribution in [2.45, 2.75) is 18.2 Å². The Morgan fingerprint density at radius 2 is 2.07 bits per heavy atom. The SMILES string of the molecule is C=CC(C)(CBr)CCSc1ccccc1. The molecule has 1 unspecified atom stereocenters. The zero-order valence-electron chi connectivity index (χ0n) is 9.08. The van der Waals surface area contributed by atoms with Crippen molar-refractivity contribution in [3.63, 3.8) is 0 Å². The molecule has 0 radical (unpaired) electrons. The molecule has 1 rings (SSSR count). The summed E-state index contributed by atoms with van der Waals surface area (Å²) in [6, 6.07) is 10.5. The zero-order valence-corrected chi connectivity index (χ0v) is 11.5. The van der Waals surface area contributed by atoms with Gasteiger partial charge in [-0.25, -0.2) is 0 Å². The number of thioether (sulfide) groups is 1. The zero-order chi connectivity index (χ0) is 11.1. The molecule has 0 aromatic heterocycles. The first-order chi connectivity index (χ1) is 7.20. The van der Waals surface area contributed by atoms with E-state index in [1.807, 2.05) is 17.8 Å². The van der Waals surface area contributed by atoms with Gasteiger partial charge in [0, 0.05) is 10.2 Å².